The number of aromatic hydroxyl groups is 1. The van der Waals surface area contributed by atoms with Crippen LogP contribution in [0.4, 0.5) is 5.69 Å². The summed E-state index contributed by atoms with van der Waals surface area (Å²) in [7, 11) is -3.70. The quantitative estimate of drug-likeness (QED) is 0.853. The molecule has 6 heteroatoms. The Balaban J connectivity index is 2.38. The third kappa shape index (κ3) is 3.05. The molecule has 0 aliphatic heterocycles. The number of phenols is 1. The van der Waals surface area contributed by atoms with E-state index in [9.17, 15) is 13.5 Å². The van der Waals surface area contributed by atoms with E-state index in [1.807, 2.05) is 13.8 Å². The molecule has 2 rings (SSSR count). The van der Waals surface area contributed by atoms with Gasteiger partial charge in [0.15, 0.2) is 0 Å². The summed E-state index contributed by atoms with van der Waals surface area (Å²) in [6, 6.07) is 8.95. The average molecular weight is 312 g/mol. The second-order valence-corrected chi connectivity index (χ2v) is 6.61. The summed E-state index contributed by atoms with van der Waals surface area (Å²) >= 11 is 5.89. The summed E-state index contributed by atoms with van der Waals surface area (Å²) in [5.74, 6) is -0.0240. The normalized spacial score (nSPS) is 11.3. The van der Waals surface area contributed by atoms with Crippen molar-refractivity contribution >= 4 is 27.3 Å². The lowest BCUT2D eigenvalue weighted by molar-refractivity contribution is 0.475. The van der Waals surface area contributed by atoms with Crippen LogP contribution in [0.5, 0.6) is 5.75 Å². The van der Waals surface area contributed by atoms with Crippen molar-refractivity contribution in [2.75, 3.05) is 4.72 Å². The van der Waals surface area contributed by atoms with Gasteiger partial charge in [-0.15, -0.1) is 0 Å². The van der Waals surface area contributed by atoms with Gasteiger partial charge in [-0.05, 0) is 49.2 Å². The summed E-state index contributed by atoms with van der Waals surface area (Å²) in [4.78, 5) is 0.171. The maximum absolute atomic E-state index is 12.3. The summed E-state index contributed by atoms with van der Waals surface area (Å²) in [6.07, 6.45) is 0. The van der Waals surface area contributed by atoms with Crippen molar-refractivity contribution in [1.82, 2.24) is 0 Å². The van der Waals surface area contributed by atoms with E-state index in [4.69, 9.17) is 11.6 Å². The second kappa shape index (κ2) is 5.34. The Kier molecular flexibility index (Phi) is 3.92. The monoisotopic (exact) mass is 311 g/mol. The minimum absolute atomic E-state index is 0.0240. The second-order valence-electron chi connectivity index (χ2n) is 4.52. The van der Waals surface area contributed by atoms with Crippen molar-refractivity contribution in [3.05, 3.63) is 52.5 Å². The Morgan fingerprint density at radius 2 is 1.75 bits per heavy atom. The molecular weight excluding hydrogens is 298 g/mol. The SMILES string of the molecule is Cc1ccc(S(=O)(=O)Nc2ccc(O)cc2Cl)cc1C. The molecule has 0 atom stereocenters. The number of rotatable bonds is 3. The Hall–Kier alpha value is -1.72. The number of hydrogen-bond donors (Lipinski definition) is 2. The zero-order valence-corrected chi connectivity index (χ0v) is 12.6. The Morgan fingerprint density at radius 3 is 2.35 bits per heavy atom. The first kappa shape index (κ1) is 14.7. The molecule has 2 aromatic rings. The van der Waals surface area contributed by atoms with Crippen molar-refractivity contribution in [2.24, 2.45) is 0 Å². The fourth-order valence-electron chi connectivity index (χ4n) is 1.67. The highest BCUT2D eigenvalue weighted by Crippen LogP contribution is 2.28. The predicted molar refractivity (Wildman–Crippen MR) is 79.8 cm³/mol. The summed E-state index contributed by atoms with van der Waals surface area (Å²) in [5.41, 5.74) is 2.14. The predicted octanol–water partition coefficient (Wildman–Crippen LogP) is 3.46. The maximum atomic E-state index is 12.3. The molecule has 0 saturated heterocycles. The molecule has 0 unspecified atom stereocenters. The van der Waals surface area contributed by atoms with Gasteiger partial charge in [0.25, 0.3) is 10.0 Å². The third-order valence-corrected chi connectivity index (χ3v) is 4.66. The fraction of sp³-hybridized carbons (Fsp3) is 0.143. The number of phenolic OH excluding ortho intramolecular Hbond substituents is 1. The topological polar surface area (TPSA) is 66.4 Å². The highest BCUT2D eigenvalue weighted by Gasteiger charge is 2.16. The van der Waals surface area contributed by atoms with Gasteiger partial charge in [0, 0.05) is 6.07 Å². The van der Waals surface area contributed by atoms with Crippen molar-refractivity contribution in [3.8, 4) is 5.75 Å². The van der Waals surface area contributed by atoms with E-state index >= 15 is 0 Å². The molecule has 0 amide bonds. The van der Waals surface area contributed by atoms with E-state index in [0.29, 0.717) is 0 Å². The van der Waals surface area contributed by atoms with Crippen LogP contribution < -0.4 is 4.72 Å². The van der Waals surface area contributed by atoms with E-state index < -0.39 is 10.0 Å². The Morgan fingerprint density at radius 1 is 1.05 bits per heavy atom. The van der Waals surface area contributed by atoms with E-state index in [2.05, 4.69) is 4.72 Å². The molecule has 0 heterocycles. The Labute approximate surface area is 123 Å². The minimum Gasteiger partial charge on any atom is -0.508 e. The molecule has 0 bridgehead atoms. The summed E-state index contributed by atoms with van der Waals surface area (Å²) in [6.45, 7) is 3.76. The molecule has 0 radical (unpaired) electrons. The molecule has 0 fully saturated rings. The van der Waals surface area contributed by atoms with E-state index in [-0.39, 0.29) is 21.4 Å². The molecule has 0 spiro atoms. The number of hydrogen-bond acceptors (Lipinski definition) is 3. The molecule has 106 valence electrons. The van der Waals surface area contributed by atoms with Gasteiger partial charge in [-0.3, -0.25) is 4.72 Å². The van der Waals surface area contributed by atoms with Crippen LogP contribution in [0.25, 0.3) is 0 Å². The van der Waals surface area contributed by atoms with Crippen LogP contribution in [0.1, 0.15) is 11.1 Å². The minimum atomic E-state index is -3.70. The number of sulfonamides is 1. The van der Waals surface area contributed by atoms with Crippen LogP contribution in [-0.2, 0) is 10.0 Å². The molecule has 0 aliphatic rings. The fourth-order valence-corrected chi connectivity index (χ4v) is 3.11. The first-order valence-electron chi connectivity index (χ1n) is 5.88. The Bertz CT molecular complexity index is 757. The van der Waals surface area contributed by atoms with Gasteiger partial charge >= 0.3 is 0 Å². The van der Waals surface area contributed by atoms with Crippen molar-refractivity contribution in [2.45, 2.75) is 18.7 Å². The molecule has 4 nitrogen and oxygen atoms in total. The van der Waals surface area contributed by atoms with Gasteiger partial charge in [-0.1, -0.05) is 17.7 Å². The zero-order chi connectivity index (χ0) is 14.9. The summed E-state index contributed by atoms with van der Waals surface area (Å²) < 4.78 is 26.9. The van der Waals surface area contributed by atoms with Crippen LogP contribution in [0.15, 0.2) is 41.3 Å². The van der Waals surface area contributed by atoms with Gasteiger partial charge in [0.2, 0.25) is 0 Å². The highest BCUT2D eigenvalue weighted by molar-refractivity contribution is 7.92. The maximum Gasteiger partial charge on any atom is 0.261 e. The van der Waals surface area contributed by atoms with E-state index in [0.717, 1.165) is 11.1 Å². The van der Waals surface area contributed by atoms with Crippen molar-refractivity contribution in [1.29, 1.82) is 0 Å². The molecule has 20 heavy (non-hydrogen) atoms. The lowest BCUT2D eigenvalue weighted by Crippen LogP contribution is -2.13. The van der Waals surface area contributed by atoms with E-state index in [1.54, 1.807) is 18.2 Å². The number of halogens is 1. The largest absolute Gasteiger partial charge is 0.508 e. The van der Waals surface area contributed by atoms with Gasteiger partial charge in [0.1, 0.15) is 5.75 Å². The molecule has 0 saturated carbocycles. The van der Waals surface area contributed by atoms with Crippen LogP contribution in [-0.4, -0.2) is 13.5 Å². The first-order valence-corrected chi connectivity index (χ1v) is 7.74. The van der Waals surface area contributed by atoms with Crippen molar-refractivity contribution in [3.63, 3.8) is 0 Å². The van der Waals surface area contributed by atoms with Crippen LogP contribution >= 0.6 is 11.6 Å². The van der Waals surface area contributed by atoms with Crippen molar-refractivity contribution < 1.29 is 13.5 Å². The third-order valence-electron chi connectivity index (χ3n) is 2.99. The molecule has 2 aromatic carbocycles. The standard InChI is InChI=1S/C14H14ClNO3S/c1-9-3-5-12(7-10(9)2)20(18,19)16-14-6-4-11(17)8-13(14)15/h3-8,16-17H,1-2H3. The molecule has 0 aromatic heterocycles. The van der Waals surface area contributed by atoms with Crippen LogP contribution in [0.3, 0.4) is 0 Å². The lowest BCUT2D eigenvalue weighted by Gasteiger charge is -2.11. The average Bonchev–Trinajstić information content (AvgIpc) is 2.36. The molecule has 0 aliphatic carbocycles. The smallest absolute Gasteiger partial charge is 0.261 e. The van der Waals surface area contributed by atoms with Gasteiger partial charge in [0.05, 0.1) is 15.6 Å². The lowest BCUT2D eigenvalue weighted by atomic mass is 10.1. The van der Waals surface area contributed by atoms with Gasteiger partial charge < -0.3 is 5.11 Å². The van der Waals surface area contributed by atoms with Crippen LogP contribution in [0.2, 0.25) is 5.02 Å². The van der Waals surface area contributed by atoms with Gasteiger partial charge in [-0.25, -0.2) is 8.42 Å². The number of aryl methyl sites for hydroxylation is 2. The van der Waals surface area contributed by atoms with Gasteiger partial charge in [-0.2, -0.15) is 0 Å². The molecular formula is C14H14ClNO3S. The van der Waals surface area contributed by atoms with E-state index in [1.165, 1.54) is 18.2 Å². The first-order chi connectivity index (χ1) is 9.29. The molecule has 2 N–H and O–H groups in total. The number of anilines is 1. The number of benzene rings is 2. The van der Waals surface area contributed by atoms with Crippen LogP contribution in [0, 0.1) is 13.8 Å². The summed E-state index contributed by atoms with van der Waals surface area (Å²) in [5, 5.41) is 9.39. The zero-order valence-electron chi connectivity index (χ0n) is 11.0. The number of nitrogens with one attached hydrogen (secondary N) is 1. The highest BCUT2D eigenvalue weighted by atomic mass is 35.5.